The van der Waals surface area contributed by atoms with Crippen LogP contribution in [0, 0.1) is 29.0 Å². The van der Waals surface area contributed by atoms with E-state index < -0.39 is 5.41 Å². The Hall–Kier alpha value is -4.11. The number of rotatable bonds is 2. The molecule has 2 heterocycles. The van der Waals surface area contributed by atoms with Gasteiger partial charge in [-0.05, 0) is 43.0 Å². The number of ketones is 1. The number of carbonyl (C=O) groups is 1. The lowest BCUT2D eigenvalue weighted by molar-refractivity contribution is -0.121. The summed E-state index contributed by atoms with van der Waals surface area (Å²) in [6.45, 7) is 4.03. The molecule has 0 radical (unpaired) electrons. The fraction of sp³-hybridized carbons (Fsp3) is 0.241. The number of halogens is 1. The number of pyridine rings is 1. The summed E-state index contributed by atoms with van der Waals surface area (Å²) in [5.41, 5.74) is 4.76. The normalized spacial score (nSPS) is 23.4. The third-order valence-electron chi connectivity index (χ3n) is 7.77. The Morgan fingerprint density at radius 3 is 2.80 bits per heavy atom. The van der Waals surface area contributed by atoms with Crippen LogP contribution in [0.15, 0.2) is 72.4 Å². The van der Waals surface area contributed by atoms with Gasteiger partial charge >= 0.3 is 0 Å². The second-order valence-corrected chi connectivity index (χ2v) is 9.70. The van der Waals surface area contributed by atoms with Gasteiger partial charge < -0.3 is 0 Å². The van der Waals surface area contributed by atoms with Crippen LogP contribution in [-0.4, -0.2) is 20.5 Å². The van der Waals surface area contributed by atoms with Crippen molar-refractivity contribution in [2.75, 3.05) is 0 Å². The zero-order chi connectivity index (χ0) is 24.3. The van der Waals surface area contributed by atoms with E-state index in [1.165, 1.54) is 12.1 Å². The second kappa shape index (κ2) is 7.71. The number of hydrogen-bond donors (Lipinski definition) is 0. The summed E-state index contributed by atoms with van der Waals surface area (Å²) in [5, 5.41) is 15.8. The maximum absolute atomic E-state index is 14.2. The van der Waals surface area contributed by atoms with E-state index in [9.17, 15) is 14.4 Å². The average molecular weight is 463 g/mol. The quantitative estimate of drug-likeness (QED) is 0.382. The van der Waals surface area contributed by atoms with Gasteiger partial charge in [0.1, 0.15) is 11.9 Å². The number of para-hydroxylation sites is 1. The predicted octanol–water partition coefficient (Wildman–Crippen LogP) is 5.72. The van der Waals surface area contributed by atoms with Gasteiger partial charge in [-0.1, -0.05) is 50.3 Å². The maximum atomic E-state index is 14.2. The predicted molar refractivity (Wildman–Crippen MR) is 131 cm³/mol. The number of Topliss-reactive ketones (excluding diaryl/α,β-unsaturated/α-hetero) is 1. The molecule has 2 aromatic heterocycles. The van der Waals surface area contributed by atoms with Crippen LogP contribution < -0.4 is 0 Å². The van der Waals surface area contributed by atoms with E-state index in [2.05, 4.69) is 18.0 Å². The molecule has 2 aliphatic carbocycles. The first-order valence-electron chi connectivity index (χ1n) is 11.8. The van der Waals surface area contributed by atoms with Gasteiger partial charge in [-0.15, -0.1) is 0 Å². The minimum Gasteiger partial charge on any atom is -0.293 e. The molecule has 3 atom stereocenters. The molecule has 172 valence electrons. The molecule has 0 bridgehead atoms. The Morgan fingerprint density at radius 2 is 2.00 bits per heavy atom. The van der Waals surface area contributed by atoms with Crippen LogP contribution in [0.5, 0.6) is 0 Å². The average Bonchev–Trinajstić information content (AvgIpc) is 3.27. The number of benzene rings is 2. The van der Waals surface area contributed by atoms with Gasteiger partial charge in [-0.3, -0.25) is 9.78 Å². The Morgan fingerprint density at radius 1 is 1.17 bits per heavy atom. The van der Waals surface area contributed by atoms with Crippen LogP contribution in [0.2, 0.25) is 0 Å². The first-order chi connectivity index (χ1) is 16.9. The van der Waals surface area contributed by atoms with E-state index in [0.29, 0.717) is 5.56 Å². The molecule has 4 aromatic rings. The molecule has 35 heavy (non-hydrogen) atoms. The molecule has 6 rings (SSSR count). The minimum absolute atomic E-state index is 0.0310. The van der Waals surface area contributed by atoms with Crippen molar-refractivity contribution in [2.24, 2.45) is 11.8 Å². The first kappa shape index (κ1) is 21.4. The molecule has 0 saturated heterocycles. The maximum Gasteiger partial charge on any atom is 0.176 e. The van der Waals surface area contributed by atoms with Gasteiger partial charge in [0, 0.05) is 34.0 Å². The molecule has 5 nitrogen and oxygen atoms in total. The number of carbonyl (C=O) groups excluding carboxylic acids is 1. The Labute approximate surface area is 202 Å². The summed E-state index contributed by atoms with van der Waals surface area (Å²) in [4.78, 5) is 17.4. The van der Waals surface area contributed by atoms with Crippen molar-refractivity contribution in [2.45, 2.75) is 32.1 Å². The van der Waals surface area contributed by atoms with Crippen LogP contribution in [0.4, 0.5) is 4.39 Å². The number of aromatic nitrogens is 3. The number of nitriles is 1. The van der Waals surface area contributed by atoms with Crippen molar-refractivity contribution >= 4 is 16.7 Å². The van der Waals surface area contributed by atoms with E-state index in [4.69, 9.17) is 5.10 Å². The summed E-state index contributed by atoms with van der Waals surface area (Å²) < 4.78 is 16.2. The van der Waals surface area contributed by atoms with Gasteiger partial charge in [0.2, 0.25) is 0 Å². The minimum atomic E-state index is -0.588. The van der Waals surface area contributed by atoms with Crippen LogP contribution in [-0.2, 0) is 16.6 Å². The van der Waals surface area contributed by atoms with Crippen LogP contribution in [0.1, 0.15) is 31.5 Å². The molecule has 2 aliphatic rings. The SMILES string of the molecule is C[C@H]1C(=O)C(C#N)=C[C@@]2(C)c3c(c(-c4cccc(F)c4)nn3-c3ccnc4ccccc34)CC[C@H]12. The van der Waals surface area contributed by atoms with Gasteiger partial charge in [0.25, 0.3) is 0 Å². The summed E-state index contributed by atoms with van der Waals surface area (Å²) in [6.07, 6.45) is 5.11. The first-order valence-corrected chi connectivity index (χ1v) is 11.8. The molecular formula is C29H23FN4O. The lowest BCUT2D eigenvalue weighted by Crippen LogP contribution is -2.46. The number of fused-ring (bicyclic) bond motifs is 4. The van der Waals surface area contributed by atoms with E-state index in [1.54, 1.807) is 12.3 Å². The molecule has 0 unspecified atom stereocenters. The van der Waals surface area contributed by atoms with Gasteiger partial charge in [0.05, 0.1) is 28.2 Å². The van der Waals surface area contributed by atoms with E-state index in [0.717, 1.165) is 46.4 Å². The monoisotopic (exact) mass is 462 g/mol. The summed E-state index contributed by atoms with van der Waals surface area (Å²) in [7, 11) is 0. The highest BCUT2D eigenvalue weighted by atomic mass is 19.1. The molecule has 0 saturated carbocycles. The van der Waals surface area contributed by atoms with Gasteiger partial charge in [0.15, 0.2) is 5.78 Å². The molecule has 0 amide bonds. The smallest absolute Gasteiger partial charge is 0.176 e. The third kappa shape index (κ3) is 3.08. The standard InChI is InChI=1S/C29H23FN4O/c1-17-23-11-10-22-26(18-6-5-7-20(30)14-18)33-34(25-12-13-32-24-9-4-3-8-21(24)25)28(22)29(23,2)15-19(16-31)27(17)35/h3-9,12-15,17,23H,10-11H2,1-2H3/t17-,23-,29-/m1/s1. The Balaban J connectivity index is 1.71. The fourth-order valence-corrected chi connectivity index (χ4v) is 6.15. The largest absolute Gasteiger partial charge is 0.293 e. The number of hydrogen-bond acceptors (Lipinski definition) is 4. The van der Waals surface area contributed by atoms with Crippen LogP contribution in [0.25, 0.3) is 27.8 Å². The van der Waals surface area contributed by atoms with Gasteiger partial charge in [-0.2, -0.15) is 10.4 Å². The molecule has 2 aromatic carbocycles. The van der Waals surface area contributed by atoms with E-state index >= 15 is 0 Å². The van der Waals surface area contributed by atoms with Crippen molar-refractivity contribution < 1.29 is 9.18 Å². The van der Waals surface area contributed by atoms with E-state index in [1.807, 2.05) is 54.1 Å². The second-order valence-electron chi connectivity index (χ2n) is 9.70. The topological polar surface area (TPSA) is 71.6 Å². The summed E-state index contributed by atoms with van der Waals surface area (Å²) >= 11 is 0. The molecular weight excluding hydrogens is 439 g/mol. The lowest BCUT2D eigenvalue weighted by Gasteiger charge is -2.45. The zero-order valence-electron chi connectivity index (χ0n) is 19.5. The number of allylic oxidation sites excluding steroid dienone is 2. The van der Waals surface area contributed by atoms with Crippen molar-refractivity contribution in [3.05, 3.63) is 89.5 Å². The van der Waals surface area contributed by atoms with Crippen molar-refractivity contribution in [1.82, 2.24) is 14.8 Å². The molecule has 6 heteroatoms. The van der Waals surface area contributed by atoms with Crippen LogP contribution in [0.3, 0.4) is 0 Å². The number of nitrogens with zero attached hydrogens (tertiary/aromatic N) is 4. The lowest BCUT2D eigenvalue weighted by atomic mass is 9.57. The molecule has 0 aliphatic heterocycles. The van der Waals surface area contributed by atoms with Crippen LogP contribution >= 0.6 is 0 Å². The van der Waals surface area contributed by atoms with Crippen molar-refractivity contribution in [1.29, 1.82) is 5.26 Å². The molecule has 0 spiro atoms. The third-order valence-corrected chi connectivity index (χ3v) is 7.77. The van der Waals surface area contributed by atoms with Crippen molar-refractivity contribution in [3.8, 4) is 23.0 Å². The summed E-state index contributed by atoms with van der Waals surface area (Å²) in [5.74, 6) is -0.653. The molecule has 0 fully saturated rings. The summed E-state index contributed by atoms with van der Waals surface area (Å²) in [6, 6.07) is 18.5. The fourth-order valence-electron chi connectivity index (χ4n) is 6.15. The molecule has 0 N–H and O–H groups in total. The van der Waals surface area contributed by atoms with E-state index in [-0.39, 0.29) is 29.0 Å². The highest BCUT2D eigenvalue weighted by Gasteiger charge is 2.50. The van der Waals surface area contributed by atoms with Gasteiger partial charge in [-0.25, -0.2) is 9.07 Å². The highest BCUT2D eigenvalue weighted by Crippen LogP contribution is 2.52. The van der Waals surface area contributed by atoms with Crippen molar-refractivity contribution in [3.63, 3.8) is 0 Å². The Bertz CT molecular complexity index is 1590. The Kier molecular flexibility index (Phi) is 4.72. The zero-order valence-corrected chi connectivity index (χ0v) is 19.5. The highest BCUT2D eigenvalue weighted by molar-refractivity contribution is 6.02.